The fourth-order valence-corrected chi connectivity index (χ4v) is 9.09. The second kappa shape index (κ2) is 15.3. The first kappa shape index (κ1) is 37.8. The maximum atomic E-state index is 14.5. The Kier molecular flexibility index (Phi) is 9.61. The number of nitrogens with one attached hydrogen (secondary N) is 2. The van der Waals surface area contributed by atoms with Crippen molar-refractivity contribution >= 4 is 99.4 Å². The fraction of sp³-hybridized carbons (Fsp3) is 0.0909. The first-order chi connectivity index (χ1) is 29.2. The van der Waals surface area contributed by atoms with E-state index in [1.54, 1.807) is 36.9 Å². The molecule has 0 spiro atoms. The number of imidazole rings is 2. The van der Waals surface area contributed by atoms with E-state index in [1.807, 2.05) is 85.1 Å². The minimum absolute atomic E-state index is 0.139. The number of aromatic amines is 1. The van der Waals surface area contributed by atoms with Crippen LogP contribution in [0.4, 0.5) is 11.5 Å². The van der Waals surface area contributed by atoms with Crippen molar-refractivity contribution in [1.29, 1.82) is 0 Å². The van der Waals surface area contributed by atoms with Gasteiger partial charge >= 0.3 is 0 Å². The van der Waals surface area contributed by atoms with Gasteiger partial charge in [0.15, 0.2) is 22.6 Å². The molecule has 60 heavy (non-hydrogen) atoms. The highest BCUT2D eigenvalue weighted by Crippen LogP contribution is 2.41. The minimum Gasteiger partial charge on any atom is -0.459 e. The molecule has 0 aliphatic rings. The Bertz CT molecular complexity index is 3420. The zero-order valence-corrected chi connectivity index (χ0v) is 35.5. The Morgan fingerprint density at radius 3 is 2.13 bits per heavy atom. The summed E-state index contributed by atoms with van der Waals surface area (Å²) in [4.78, 5) is 58.7. The lowest BCUT2D eigenvalue weighted by Gasteiger charge is -2.18. The molecule has 4 aromatic carbocycles. The normalized spacial score (nSPS) is 12.7. The Labute approximate surface area is 360 Å². The van der Waals surface area contributed by atoms with Gasteiger partial charge in [-0.3, -0.25) is 9.59 Å². The predicted octanol–water partition coefficient (Wildman–Crippen LogP) is 10.8. The zero-order valence-electron chi connectivity index (χ0n) is 31.6. The van der Waals surface area contributed by atoms with Crippen LogP contribution in [0.5, 0.6) is 0 Å². The van der Waals surface area contributed by atoms with Crippen molar-refractivity contribution in [3.8, 4) is 22.3 Å². The smallest absolute Gasteiger partial charge is 0.200 e. The third kappa shape index (κ3) is 6.66. The van der Waals surface area contributed by atoms with E-state index in [0.717, 1.165) is 14.5 Å². The van der Waals surface area contributed by atoms with E-state index in [2.05, 4.69) is 67.1 Å². The van der Waals surface area contributed by atoms with Gasteiger partial charge in [0.25, 0.3) is 0 Å². The maximum Gasteiger partial charge on any atom is 0.200 e. The largest absolute Gasteiger partial charge is 0.459 e. The van der Waals surface area contributed by atoms with Gasteiger partial charge in [-0.25, -0.2) is 29.9 Å². The molecule has 0 fully saturated rings. The number of H-pyrrole nitrogens is 1. The van der Waals surface area contributed by atoms with Crippen molar-refractivity contribution < 1.29 is 8.83 Å². The molecule has 2 unspecified atom stereocenters. The van der Waals surface area contributed by atoms with Crippen LogP contribution in [0.1, 0.15) is 36.7 Å². The van der Waals surface area contributed by atoms with Crippen LogP contribution in [0.2, 0.25) is 0 Å². The summed E-state index contributed by atoms with van der Waals surface area (Å²) in [5.74, 6) is 1.40. The van der Waals surface area contributed by atoms with Crippen LogP contribution < -0.4 is 16.2 Å². The number of fused-ring (bicyclic) bond motifs is 4. The first-order valence-electron chi connectivity index (χ1n) is 18.7. The molecule has 13 nitrogen and oxygen atoms in total. The molecule has 0 aliphatic carbocycles. The Morgan fingerprint density at radius 2 is 1.38 bits per heavy atom. The lowest BCUT2D eigenvalue weighted by Crippen LogP contribution is -2.15. The molecule has 0 amide bonds. The summed E-state index contributed by atoms with van der Waals surface area (Å²) in [5, 5.41) is 4.64. The van der Waals surface area contributed by atoms with Gasteiger partial charge in [-0.2, -0.15) is 0 Å². The van der Waals surface area contributed by atoms with Crippen LogP contribution in [-0.4, -0.2) is 39.5 Å². The van der Waals surface area contributed by atoms with E-state index in [4.69, 9.17) is 13.8 Å². The number of benzene rings is 4. The second-order valence-electron chi connectivity index (χ2n) is 14.0. The summed E-state index contributed by atoms with van der Waals surface area (Å²) in [5.41, 5.74) is 5.82. The molecule has 2 atom stereocenters. The highest BCUT2D eigenvalue weighted by molar-refractivity contribution is 9.10. The van der Waals surface area contributed by atoms with E-state index >= 15 is 0 Å². The molecule has 6 aromatic heterocycles. The van der Waals surface area contributed by atoms with Crippen LogP contribution in [0, 0.1) is 0 Å². The molecule has 294 valence electrons. The number of halogens is 2. The van der Waals surface area contributed by atoms with Crippen molar-refractivity contribution in [1.82, 2.24) is 39.5 Å². The van der Waals surface area contributed by atoms with Gasteiger partial charge in [0.1, 0.15) is 45.9 Å². The molecule has 0 saturated heterocycles. The number of thioether (sulfide) groups is 1. The van der Waals surface area contributed by atoms with Gasteiger partial charge < -0.3 is 23.7 Å². The van der Waals surface area contributed by atoms with Gasteiger partial charge in [0, 0.05) is 14.6 Å². The van der Waals surface area contributed by atoms with E-state index < -0.39 is 6.04 Å². The number of anilines is 2. The number of hydrogen-bond acceptors (Lipinski definition) is 12. The molecule has 10 rings (SSSR count). The minimum atomic E-state index is -0.492. The van der Waals surface area contributed by atoms with Gasteiger partial charge in [-0.05, 0) is 73.5 Å². The third-order valence-electron chi connectivity index (χ3n) is 10.2. The van der Waals surface area contributed by atoms with Crippen LogP contribution in [-0.2, 0) is 0 Å². The SMILES string of the molecule is CC(Sc1ncnc2[nH]cnc12)c1oc2ccc(Br)cc2c(=O)c1-c1cccc(Nc2ncnc3c2ncn3C(C)c2oc3ccc(Br)cc3c(=O)c2-c2ccccc2)c1. The average Bonchev–Trinajstić information content (AvgIpc) is 3.93. The molecule has 0 radical (unpaired) electrons. The summed E-state index contributed by atoms with van der Waals surface area (Å²) in [6.07, 6.45) is 6.19. The predicted molar refractivity (Wildman–Crippen MR) is 240 cm³/mol. The molecule has 2 N–H and O–H groups in total. The van der Waals surface area contributed by atoms with Crippen molar-refractivity contribution in [3.63, 3.8) is 0 Å². The van der Waals surface area contributed by atoms with Gasteiger partial charge in [-0.15, -0.1) is 0 Å². The molecule has 6 heterocycles. The zero-order chi connectivity index (χ0) is 41.1. The Balaban J connectivity index is 1.03. The summed E-state index contributed by atoms with van der Waals surface area (Å²) in [6, 6.07) is 27.3. The van der Waals surface area contributed by atoms with Crippen molar-refractivity contribution in [2.24, 2.45) is 0 Å². The van der Waals surface area contributed by atoms with Crippen molar-refractivity contribution in [2.45, 2.75) is 30.2 Å². The Hall–Kier alpha value is -6.49. The maximum absolute atomic E-state index is 14.5. The molecular weight excluding hydrogens is 910 g/mol. The molecule has 0 bridgehead atoms. The van der Waals surface area contributed by atoms with Crippen LogP contribution in [0.25, 0.3) is 66.5 Å². The number of nitrogens with zero attached hydrogens (tertiary/aromatic N) is 7. The lowest BCUT2D eigenvalue weighted by molar-refractivity contribution is 0.468. The van der Waals surface area contributed by atoms with Crippen LogP contribution in [0.3, 0.4) is 0 Å². The topological polar surface area (TPSA) is 171 Å². The van der Waals surface area contributed by atoms with Gasteiger partial charge in [-0.1, -0.05) is 86.1 Å². The molecule has 0 aliphatic heterocycles. The quantitative estimate of drug-likeness (QED) is 0.104. The summed E-state index contributed by atoms with van der Waals surface area (Å²) >= 11 is 8.45. The lowest BCUT2D eigenvalue weighted by atomic mass is 9.99. The van der Waals surface area contributed by atoms with Crippen molar-refractivity contribution in [2.75, 3.05) is 5.32 Å². The number of hydrogen-bond donors (Lipinski definition) is 2. The summed E-state index contributed by atoms with van der Waals surface area (Å²) in [6.45, 7) is 3.92. The van der Waals surface area contributed by atoms with Crippen molar-refractivity contribution in [3.05, 3.63) is 157 Å². The van der Waals surface area contributed by atoms with Crippen LogP contribution in [0.15, 0.2) is 149 Å². The second-order valence-corrected chi connectivity index (χ2v) is 17.1. The van der Waals surface area contributed by atoms with E-state index in [9.17, 15) is 9.59 Å². The van der Waals surface area contributed by atoms with Gasteiger partial charge in [0.05, 0.1) is 45.8 Å². The first-order valence-corrected chi connectivity index (χ1v) is 21.1. The van der Waals surface area contributed by atoms with Crippen LogP contribution >= 0.6 is 43.6 Å². The standard InChI is InChI=1S/C44H29Br2N9O4S/c1-22(39-33(24-7-4-3-5-8-24)37(56)29-16-26(45)11-13-31(29)58-39)55-21-53-35-42(50-19-51-43(35)55)54-28-10-6-9-25(15-28)34-38(57)30-17-27(46)12-14-32(30)59-40(34)23(2)60-44-36-41(48-18-47-36)49-20-52-44/h3-23H,1-2H3,(H,50,51,54)(H,47,48,49,52). The van der Waals surface area contributed by atoms with E-state index in [-0.39, 0.29) is 16.1 Å². The molecule has 0 saturated carbocycles. The fourth-order valence-electron chi connectivity index (χ4n) is 7.39. The number of aromatic nitrogens is 8. The highest BCUT2D eigenvalue weighted by atomic mass is 79.9. The van der Waals surface area contributed by atoms with Gasteiger partial charge in [0.2, 0.25) is 10.9 Å². The monoisotopic (exact) mass is 937 g/mol. The number of rotatable bonds is 9. The molecular formula is C44H29Br2N9O4S. The summed E-state index contributed by atoms with van der Waals surface area (Å²) in [7, 11) is 0. The highest BCUT2D eigenvalue weighted by Gasteiger charge is 2.26. The Morgan fingerprint density at radius 1 is 0.700 bits per heavy atom. The third-order valence-corrected chi connectivity index (χ3v) is 12.3. The summed E-state index contributed by atoms with van der Waals surface area (Å²) < 4.78 is 16.5. The molecule has 16 heteroatoms. The van der Waals surface area contributed by atoms with E-state index in [1.165, 1.54) is 24.4 Å². The average molecular weight is 940 g/mol. The molecule has 10 aromatic rings. The van der Waals surface area contributed by atoms with E-state index in [0.29, 0.717) is 89.0 Å².